The van der Waals surface area contributed by atoms with Crippen molar-refractivity contribution in [2.24, 2.45) is 5.92 Å². The number of amides is 2. The molecule has 0 unspecified atom stereocenters. The molecule has 0 heterocycles. The van der Waals surface area contributed by atoms with Crippen LogP contribution in [-0.2, 0) is 9.59 Å². The van der Waals surface area contributed by atoms with E-state index >= 15 is 0 Å². The first kappa shape index (κ1) is 14.9. The zero-order chi connectivity index (χ0) is 14.4. The number of rotatable bonds is 7. The van der Waals surface area contributed by atoms with Crippen molar-refractivity contribution in [3.63, 3.8) is 0 Å². The Balaban J connectivity index is 1.55. The van der Waals surface area contributed by atoms with Gasteiger partial charge in [0, 0.05) is 23.9 Å². The van der Waals surface area contributed by atoms with Crippen LogP contribution in [-0.4, -0.2) is 30.7 Å². The number of aryl methyl sites for hydroxylation is 1. The summed E-state index contributed by atoms with van der Waals surface area (Å²) in [6, 6.07) is 8.10. The van der Waals surface area contributed by atoms with E-state index in [2.05, 4.69) is 10.6 Å². The normalized spacial score (nSPS) is 13.8. The van der Waals surface area contributed by atoms with E-state index in [0.717, 1.165) is 17.7 Å². The van der Waals surface area contributed by atoms with Gasteiger partial charge in [0.15, 0.2) is 0 Å². The van der Waals surface area contributed by atoms with Gasteiger partial charge in [0.25, 0.3) is 0 Å². The fourth-order valence-electron chi connectivity index (χ4n) is 1.71. The second-order valence-electron chi connectivity index (χ2n) is 5.02. The van der Waals surface area contributed by atoms with Gasteiger partial charge in [-0.3, -0.25) is 9.59 Å². The van der Waals surface area contributed by atoms with Crippen LogP contribution < -0.4 is 10.6 Å². The molecule has 0 aliphatic heterocycles. The van der Waals surface area contributed by atoms with Crippen LogP contribution in [0.15, 0.2) is 29.2 Å². The van der Waals surface area contributed by atoms with Crippen molar-refractivity contribution in [1.82, 2.24) is 10.6 Å². The highest BCUT2D eigenvalue weighted by molar-refractivity contribution is 8.00. The average molecular weight is 292 g/mol. The van der Waals surface area contributed by atoms with Crippen molar-refractivity contribution < 1.29 is 9.59 Å². The van der Waals surface area contributed by atoms with Gasteiger partial charge in [-0.1, -0.05) is 17.7 Å². The van der Waals surface area contributed by atoms with Crippen molar-refractivity contribution in [3.8, 4) is 0 Å². The molecule has 1 saturated carbocycles. The summed E-state index contributed by atoms with van der Waals surface area (Å²) in [4.78, 5) is 24.1. The van der Waals surface area contributed by atoms with Crippen LogP contribution in [0.5, 0.6) is 0 Å². The van der Waals surface area contributed by atoms with E-state index in [-0.39, 0.29) is 17.7 Å². The summed E-state index contributed by atoms with van der Waals surface area (Å²) < 4.78 is 0. The van der Waals surface area contributed by atoms with Crippen molar-refractivity contribution in [2.45, 2.75) is 24.7 Å². The summed E-state index contributed by atoms with van der Waals surface area (Å²) in [5.74, 6) is 0.743. The van der Waals surface area contributed by atoms with E-state index in [1.54, 1.807) is 0 Å². The molecule has 4 nitrogen and oxygen atoms in total. The second kappa shape index (κ2) is 7.33. The Kier molecular flexibility index (Phi) is 5.47. The number of carbonyl (C=O) groups excluding carboxylic acids is 2. The maximum absolute atomic E-state index is 11.6. The molecule has 0 spiro atoms. The lowest BCUT2D eigenvalue weighted by Gasteiger charge is -2.06. The first-order valence-electron chi connectivity index (χ1n) is 6.89. The molecule has 1 fully saturated rings. The van der Waals surface area contributed by atoms with Crippen LogP contribution in [0.2, 0.25) is 0 Å². The molecule has 1 aromatic carbocycles. The zero-order valence-electron chi connectivity index (χ0n) is 11.6. The first-order valence-corrected chi connectivity index (χ1v) is 7.87. The number of nitrogens with one attached hydrogen (secondary N) is 2. The Hall–Kier alpha value is -1.49. The fraction of sp³-hybridized carbons (Fsp3) is 0.467. The Morgan fingerprint density at radius 1 is 1.15 bits per heavy atom. The molecule has 2 amide bonds. The number of carbonyl (C=O) groups is 2. The first-order chi connectivity index (χ1) is 9.65. The smallest absolute Gasteiger partial charge is 0.230 e. The highest BCUT2D eigenvalue weighted by Crippen LogP contribution is 2.28. The SMILES string of the molecule is Cc1ccc(SCC(=O)NCCNC(=O)C2CC2)cc1. The molecule has 0 saturated heterocycles. The summed E-state index contributed by atoms with van der Waals surface area (Å²) in [7, 11) is 0. The average Bonchev–Trinajstić information content (AvgIpc) is 3.27. The quantitative estimate of drug-likeness (QED) is 0.594. The summed E-state index contributed by atoms with van der Waals surface area (Å²) >= 11 is 1.52. The van der Waals surface area contributed by atoms with Crippen molar-refractivity contribution in [3.05, 3.63) is 29.8 Å². The second-order valence-corrected chi connectivity index (χ2v) is 6.07. The van der Waals surface area contributed by atoms with E-state index in [1.165, 1.54) is 17.3 Å². The molecule has 0 bridgehead atoms. The maximum atomic E-state index is 11.6. The highest BCUT2D eigenvalue weighted by atomic mass is 32.2. The number of hydrogen-bond donors (Lipinski definition) is 2. The molecular weight excluding hydrogens is 272 g/mol. The van der Waals surface area contributed by atoms with Crippen LogP contribution in [0.3, 0.4) is 0 Å². The van der Waals surface area contributed by atoms with Crippen molar-refractivity contribution >= 4 is 23.6 Å². The van der Waals surface area contributed by atoms with Crippen LogP contribution in [0.25, 0.3) is 0 Å². The fourth-order valence-corrected chi connectivity index (χ4v) is 2.44. The molecule has 2 N–H and O–H groups in total. The van der Waals surface area contributed by atoms with Gasteiger partial charge >= 0.3 is 0 Å². The molecular formula is C15H20N2O2S. The molecule has 2 rings (SSSR count). The topological polar surface area (TPSA) is 58.2 Å². The maximum Gasteiger partial charge on any atom is 0.230 e. The highest BCUT2D eigenvalue weighted by Gasteiger charge is 2.28. The largest absolute Gasteiger partial charge is 0.354 e. The van der Waals surface area contributed by atoms with Gasteiger partial charge in [-0.15, -0.1) is 11.8 Å². The number of benzene rings is 1. The zero-order valence-corrected chi connectivity index (χ0v) is 12.5. The minimum Gasteiger partial charge on any atom is -0.354 e. The van der Waals surface area contributed by atoms with Gasteiger partial charge in [0.05, 0.1) is 5.75 Å². The Bertz CT molecular complexity index is 469. The molecule has 5 heteroatoms. The van der Waals surface area contributed by atoms with Crippen LogP contribution in [0, 0.1) is 12.8 Å². The summed E-state index contributed by atoms with van der Waals surface area (Å²) in [5, 5.41) is 5.62. The van der Waals surface area contributed by atoms with E-state index in [4.69, 9.17) is 0 Å². The van der Waals surface area contributed by atoms with E-state index in [9.17, 15) is 9.59 Å². The molecule has 108 valence electrons. The van der Waals surface area contributed by atoms with Crippen molar-refractivity contribution in [2.75, 3.05) is 18.8 Å². The minimum absolute atomic E-state index is 0.00348. The van der Waals surface area contributed by atoms with Gasteiger partial charge in [0.1, 0.15) is 0 Å². The predicted octanol–water partition coefficient (Wildman–Crippen LogP) is 1.73. The van der Waals surface area contributed by atoms with Gasteiger partial charge in [0.2, 0.25) is 11.8 Å². The summed E-state index contributed by atoms with van der Waals surface area (Å²) in [6.07, 6.45) is 2.01. The van der Waals surface area contributed by atoms with Crippen molar-refractivity contribution in [1.29, 1.82) is 0 Å². The van der Waals surface area contributed by atoms with Crippen LogP contribution in [0.4, 0.5) is 0 Å². The minimum atomic E-state index is -0.00348. The summed E-state index contributed by atoms with van der Waals surface area (Å²) in [5.41, 5.74) is 1.21. The van der Waals surface area contributed by atoms with Gasteiger partial charge in [-0.05, 0) is 31.9 Å². The molecule has 0 radical (unpaired) electrons. The molecule has 1 aliphatic rings. The third-order valence-electron chi connectivity index (χ3n) is 3.09. The van der Waals surface area contributed by atoms with E-state index in [1.807, 2.05) is 31.2 Å². The number of hydrogen-bond acceptors (Lipinski definition) is 3. The lowest BCUT2D eigenvalue weighted by atomic mass is 10.2. The monoisotopic (exact) mass is 292 g/mol. The van der Waals surface area contributed by atoms with Gasteiger partial charge in [-0.25, -0.2) is 0 Å². The third-order valence-corrected chi connectivity index (χ3v) is 4.10. The molecule has 1 aliphatic carbocycles. The molecule has 0 atom stereocenters. The van der Waals surface area contributed by atoms with E-state index in [0.29, 0.717) is 18.8 Å². The van der Waals surface area contributed by atoms with E-state index < -0.39 is 0 Å². The Morgan fingerprint density at radius 3 is 2.45 bits per heavy atom. The number of thioether (sulfide) groups is 1. The van der Waals surface area contributed by atoms with Gasteiger partial charge < -0.3 is 10.6 Å². The molecule has 20 heavy (non-hydrogen) atoms. The van der Waals surface area contributed by atoms with Crippen LogP contribution >= 0.6 is 11.8 Å². The molecule has 1 aromatic rings. The molecule has 0 aromatic heterocycles. The lowest BCUT2D eigenvalue weighted by Crippen LogP contribution is -2.35. The van der Waals surface area contributed by atoms with Gasteiger partial charge in [-0.2, -0.15) is 0 Å². The third kappa shape index (κ3) is 5.25. The Labute approximate surface area is 123 Å². The standard InChI is InChI=1S/C15H20N2O2S/c1-11-2-6-13(7-3-11)20-10-14(18)16-8-9-17-15(19)12-4-5-12/h2-3,6-7,12H,4-5,8-10H2,1H3,(H,16,18)(H,17,19). The Morgan fingerprint density at radius 2 is 1.80 bits per heavy atom. The summed E-state index contributed by atoms with van der Waals surface area (Å²) in [6.45, 7) is 3.04. The van der Waals surface area contributed by atoms with Crippen LogP contribution in [0.1, 0.15) is 18.4 Å². The lowest BCUT2D eigenvalue weighted by molar-refractivity contribution is -0.123. The predicted molar refractivity (Wildman–Crippen MR) is 80.6 cm³/mol.